The van der Waals surface area contributed by atoms with Crippen LogP contribution >= 0.6 is 0 Å². The van der Waals surface area contributed by atoms with E-state index in [-0.39, 0.29) is 11.3 Å². The number of rotatable bonds is 3. The molecule has 0 heterocycles. The molecule has 4 heteroatoms. The van der Waals surface area contributed by atoms with E-state index in [0.29, 0.717) is 11.1 Å². The van der Waals surface area contributed by atoms with Crippen LogP contribution in [-0.2, 0) is 6.42 Å². The molecule has 0 atom stereocenters. The molecule has 0 fully saturated rings. The Hall–Kier alpha value is -2.10. The van der Waals surface area contributed by atoms with Crippen molar-refractivity contribution in [3.8, 4) is 0 Å². The molecule has 19 heavy (non-hydrogen) atoms. The quantitative estimate of drug-likeness (QED) is 0.765. The molecule has 0 spiro atoms. The topological polar surface area (TPSA) is 17.1 Å². The third-order valence-electron chi connectivity index (χ3n) is 2.66. The molecule has 0 aliphatic heterocycles. The Bertz CT molecular complexity index is 556. The van der Waals surface area contributed by atoms with Crippen LogP contribution in [-0.4, -0.2) is 12.0 Å². The van der Waals surface area contributed by atoms with Crippen molar-refractivity contribution in [3.63, 3.8) is 0 Å². The van der Waals surface area contributed by atoms with E-state index >= 15 is 0 Å². The van der Waals surface area contributed by atoms with Crippen LogP contribution in [0.1, 0.15) is 21.5 Å². The Morgan fingerprint density at radius 3 is 1.89 bits per heavy atom. The van der Waals surface area contributed by atoms with Gasteiger partial charge in [-0.05, 0) is 5.56 Å². The second kappa shape index (κ2) is 5.26. The van der Waals surface area contributed by atoms with E-state index < -0.39 is 12.6 Å². The van der Waals surface area contributed by atoms with Crippen LogP contribution in [0.25, 0.3) is 0 Å². The van der Waals surface area contributed by atoms with Crippen molar-refractivity contribution in [1.29, 1.82) is 0 Å². The Labute approximate surface area is 108 Å². The Morgan fingerprint density at radius 2 is 1.37 bits per heavy atom. The van der Waals surface area contributed by atoms with E-state index in [1.165, 1.54) is 24.3 Å². The van der Waals surface area contributed by atoms with Crippen molar-refractivity contribution in [2.45, 2.75) is 12.6 Å². The molecule has 0 amide bonds. The van der Waals surface area contributed by atoms with Gasteiger partial charge in [-0.15, -0.1) is 0 Å². The highest BCUT2D eigenvalue weighted by Gasteiger charge is 2.27. The summed E-state index contributed by atoms with van der Waals surface area (Å²) in [5.74, 6) is -0.195. The molecule has 98 valence electrons. The predicted octanol–water partition coefficient (Wildman–Crippen LogP) is 4.02. The summed E-state index contributed by atoms with van der Waals surface area (Å²) < 4.78 is 36.6. The van der Waals surface area contributed by atoms with Gasteiger partial charge in [0.25, 0.3) is 0 Å². The van der Waals surface area contributed by atoms with Crippen LogP contribution in [0, 0.1) is 0 Å². The maximum atomic E-state index is 12.2. The molecule has 2 rings (SSSR count). The van der Waals surface area contributed by atoms with Gasteiger partial charge in [0.15, 0.2) is 5.78 Å². The van der Waals surface area contributed by atoms with Crippen LogP contribution in [0.2, 0.25) is 0 Å². The summed E-state index contributed by atoms with van der Waals surface area (Å²) in [4.78, 5) is 12.0. The smallest absolute Gasteiger partial charge is 0.289 e. The highest BCUT2D eigenvalue weighted by atomic mass is 19.4. The highest BCUT2D eigenvalue weighted by molar-refractivity contribution is 6.08. The van der Waals surface area contributed by atoms with Gasteiger partial charge in [0.05, 0.1) is 6.42 Å². The first-order valence-corrected chi connectivity index (χ1v) is 5.71. The van der Waals surface area contributed by atoms with Gasteiger partial charge in [0.1, 0.15) is 0 Å². The summed E-state index contributed by atoms with van der Waals surface area (Å²) in [6.45, 7) is 0. The van der Waals surface area contributed by atoms with Gasteiger partial charge in [-0.3, -0.25) is 4.79 Å². The summed E-state index contributed by atoms with van der Waals surface area (Å²) in [7, 11) is 0. The van der Waals surface area contributed by atoms with Crippen molar-refractivity contribution in [3.05, 3.63) is 71.3 Å². The summed E-state index contributed by atoms with van der Waals surface area (Å²) in [5.41, 5.74) is 1.06. The zero-order chi connectivity index (χ0) is 13.9. The molecule has 0 bridgehead atoms. The van der Waals surface area contributed by atoms with Crippen molar-refractivity contribution in [1.82, 2.24) is 0 Å². The number of carbonyl (C=O) groups excluding carboxylic acids is 1. The van der Waals surface area contributed by atoms with Gasteiger partial charge >= 0.3 is 6.18 Å². The van der Waals surface area contributed by atoms with Crippen molar-refractivity contribution < 1.29 is 18.0 Å². The Balaban J connectivity index is 2.17. The van der Waals surface area contributed by atoms with E-state index in [0.717, 1.165) is 0 Å². The largest absolute Gasteiger partial charge is 0.393 e. The summed E-state index contributed by atoms with van der Waals surface area (Å²) in [6.07, 6.45) is -5.21. The SMILES string of the molecule is O=C(c1ccccc1)c1ccc(CC(F)(F)F)cc1. The molecule has 0 aromatic heterocycles. The number of hydrogen-bond donors (Lipinski definition) is 0. The normalized spacial score (nSPS) is 11.3. The fraction of sp³-hybridized carbons (Fsp3) is 0.133. The monoisotopic (exact) mass is 264 g/mol. The lowest BCUT2D eigenvalue weighted by Gasteiger charge is -2.07. The van der Waals surface area contributed by atoms with E-state index in [9.17, 15) is 18.0 Å². The van der Waals surface area contributed by atoms with Crippen molar-refractivity contribution >= 4 is 5.78 Å². The lowest BCUT2D eigenvalue weighted by Crippen LogP contribution is -2.11. The second-order valence-corrected chi connectivity index (χ2v) is 4.18. The minimum atomic E-state index is -4.23. The first-order chi connectivity index (χ1) is 8.96. The maximum Gasteiger partial charge on any atom is 0.393 e. The molecule has 0 aliphatic rings. The van der Waals surface area contributed by atoms with Crippen LogP contribution in [0.4, 0.5) is 13.2 Å². The molecule has 0 saturated heterocycles. The molecule has 0 aliphatic carbocycles. The second-order valence-electron chi connectivity index (χ2n) is 4.18. The van der Waals surface area contributed by atoms with Crippen LogP contribution < -0.4 is 0 Å². The van der Waals surface area contributed by atoms with E-state index in [1.54, 1.807) is 30.3 Å². The first kappa shape index (κ1) is 13.3. The Morgan fingerprint density at radius 1 is 0.842 bits per heavy atom. The van der Waals surface area contributed by atoms with Gasteiger partial charge in [-0.25, -0.2) is 0 Å². The van der Waals surface area contributed by atoms with E-state index in [2.05, 4.69) is 0 Å². The van der Waals surface area contributed by atoms with Crippen molar-refractivity contribution in [2.75, 3.05) is 0 Å². The van der Waals surface area contributed by atoms with Gasteiger partial charge in [0, 0.05) is 11.1 Å². The third kappa shape index (κ3) is 3.68. The first-order valence-electron chi connectivity index (χ1n) is 5.71. The fourth-order valence-electron chi connectivity index (χ4n) is 1.76. The number of benzene rings is 2. The average molecular weight is 264 g/mol. The minimum absolute atomic E-state index is 0.150. The molecule has 0 radical (unpaired) electrons. The molecule has 0 unspecified atom stereocenters. The van der Waals surface area contributed by atoms with Gasteiger partial charge in [-0.2, -0.15) is 13.2 Å². The maximum absolute atomic E-state index is 12.2. The highest BCUT2D eigenvalue weighted by Crippen LogP contribution is 2.21. The zero-order valence-corrected chi connectivity index (χ0v) is 9.95. The summed E-state index contributed by atoms with van der Waals surface area (Å²) in [5, 5.41) is 0. The zero-order valence-electron chi connectivity index (χ0n) is 9.95. The average Bonchev–Trinajstić information content (AvgIpc) is 2.38. The van der Waals surface area contributed by atoms with Gasteiger partial charge in [0.2, 0.25) is 0 Å². The summed E-state index contributed by atoms with van der Waals surface area (Å²) in [6, 6.07) is 14.2. The number of carbonyl (C=O) groups is 1. The standard InChI is InChI=1S/C15H11F3O/c16-15(17,18)10-11-6-8-13(9-7-11)14(19)12-4-2-1-3-5-12/h1-9H,10H2. The molecule has 2 aromatic carbocycles. The van der Waals surface area contributed by atoms with Gasteiger partial charge < -0.3 is 0 Å². The number of ketones is 1. The number of hydrogen-bond acceptors (Lipinski definition) is 1. The fourth-order valence-corrected chi connectivity index (χ4v) is 1.76. The molecule has 2 aromatic rings. The predicted molar refractivity (Wildman–Crippen MR) is 66.1 cm³/mol. The minimum Gasteiger partial charge on any atom is -0.289 e. The third-order valence-corrected chi connectivity index (χ3v) is 2.66. The molecular formula is C15H11F3O. The van der Waals surface area contributed by atoms with Crippen LogP contribution in [0.3, 0.4) is 0 Å². The number of alkyl halides is 3. The number of halogens is 3. The molecule has 0 saturated carbocycles. The van der Waals surface area contributed by atoms with E-state index in [4.69, 9.17) is 0 Å². The van der Waals surface area contributed by atoms with Gasteiger partial charge in [-0.1, -0.05) is 54.6 Å². The molecule has 1 nitrogen and oxygen atoms in total. The van der Waals surface area contributed by atoms with Crippen molar-refractivity contribution in [2.24, 2.45) is 0 Å². The lowest BCUT2D eigenvalue weighted by atomic mass is 10.0. The summed E-state index contributed by atoms with van der Waals surface area (Å²) >= 11 is 0. The van der Waals surface area contributed by atoms with E-state index in [1.807, 2.05) is 0 Å². The molecule has 0 N–H and O–H groups in total. The molecular weight excluding hydrogens is 253 g/mol. The van der Waals surface area contributed by atoms with Crippen LogP contribution in [0.15, 0.2) is 54.6 Å². The van der Waals surface area contributed by atoms with Crippen LogP contribution in [0.5, 0.6) is 0 Å². The lowest BCUT2D eigenvalue weighted by molar-refractivity contribution is -0.127. The Kier molecular flexibility index (Phi) is 3.69.